The molecule has 2 N–H and O–H groups in total. The second kappa shape index (κ2) is 7.04. The van der Waals surface area contributed by atoms with Gasteiger partial charge in [0.05, 0.1) is 25.2 Å². The van der Waals surface area contributed by atoms with Gasteiger partial charge in [0.2, 0.25) is 5.88 Å². The average molecular weight is 332 g/mol. The molecule has 0 spiro atoms. The Bertz CT molecular complexity index is 777. The number of methoxy groups -OCH3 is 1. The van der Waals surface area contributed by atoms with E-state index in [4.69, 9.17) is 19.9 Å². The summed E-state index contributed by atoms with van der Waals surface area (Å²) in [6.07, 6.45) is 0. The first-order valence-corrected chi connectivity index (χ1v) is 7.23. The fraction of sp³-hybridized carbons (Fsp3) is 0.294. The molecular formula is C17H17FN2O4. The Morgan fingerprint density at radius 1 is 1.50 bits per heavy atom. The van der Waals surface area contributed by atoms with E-state index in [0.717, 1.165) is 0 Å². The van der Waals surface area contributed by atoms with E-state index in [9.17, 15) is 14.4 Å². The van der Waals surface area contributed by atoms with Crippen LogP contribution in [0, 0.1) is 17.1 Å². The molecule has 0 amide bonds. The molecule has 1 aromatic rings. The van der Waals surface area contributed by atoms with Gasteiger partial charge in [-0.05, 0) is 31.5 Å². The maximum absolute atomic E-state index is 14.1. The highest BCUT2D eigenvalue weighted by molar-refractivity contribution is 5.92. The van der Waals surface area contributed by atoms with Crippen LogP contribution in [-0.2, 0) is 14.3 Å². The zero-order valence-electron chi connectivity index (χ0n) is 13.6. The summed E-state index contributed by atoms with van der Waals surface area (Å²) in [5.41, 5.74) is 6.28. The molecule has 0 saturated carbocycles. The van der Waals surface area contributed by atoms with Crippen molar-refractivity contribution in [2.24, 2.45) is 5.73 Å². The smallest absolute Gasteiger partial charge is 0.338 e. The molecule has 1 heterocycles. The number of ether oxygens (including phenoxy) is 3. The summed E-state index contributed by atoms with van der Waals surface area (Å²) < 4.78 is 29.3. The van der Waals surface area contributed by atoms with Crippen LogP contribution in [0.5, 0.6) is 5.75 Å². The highest BCUT2D eigenvalue weighted by Crippen LogP contribution is 2.40. The number of nitrogens with two attached hydrogens (primary N) is 1. The number of nitriles is 1. The molecule has 7 heteroatoms. The molecule has 1 aliphatic heterocycles. The molecule has 0 aliphatic carbocycles. The highest BCUT2D eigenvalue weighted by atomic mass is 19.1. The van der Waals surface area contributed by atoms with Crippen molar-refractivity contribution in [1.82, 2.24) is 0 Å². The Labute approximate surface area is 138 Å². The first kappa shape index (κ1) is 17.3. The third-order valence-corrected chi connectivity index (χ3v) is 3.61. The summed E-state index contributed by atoms with van der Waals surface area (Å²) in [7, 11) is 1.35. The monoisotopic (exact) mass is 332 g/mol. The van der Waals surface area contributed by atoms with Crippen molar-refractivity contribution < 1.29 is 23.4 Å². The number of esters is 1. The van der Waals surface area contributed by atoms with Crippen LogP contribution in [0.1, 0.15) is 25.3 Å². The molecule has 24 heavy (non-hydrogen) atoms. The number of hydrogen-bond acceptors (Lipinski definition) is 6. The quantitative estimate of drug-likeness (QED) is 0.851. The lowest BCUT2D eigenvalue weighted by molar-refractivity contribution is -0.139. The van der Waals surface area contributed by atoms with Gasteiger partial charge in [0.15, 0.2) is 11.6 Å². The number of hydrogen-bond donors (Lipinski definition) is 1. The molecule has 0 saturated heterocycles. The predicted molar refractivity (Wildman–Crippen MR) is 82.9 cm³/mol. The maximum atomic E-state index is 14.1. The Morgan fingerprint density at radius 3 is 2.75 bits per heavy atom. The van der Waals surface area contributed by atoms with Crippen molar-refractivity contribution in [3.63, 3.8) is 0 Å². The minimum atomic E-state index is -0.872. The van der Waals surface area contributed by atoms with Gasteiger partial charge in [0, 0.05) is 0 Å². The van der Waals surface area contributed by atoms with E-state index < -0.39 is 17.7 Å². The van der Waals surface area contributed by atoms with Crippen molar-refractivity contribution in [2.45, 2.75) is 19.8 Å². The van der Waals surface area contributed by atoms with Gasteiger partial charge in [-0.1, -0.05) is 6.07 Å². The Kier molecular flexibility index (Phi) is 5.09. The Morgan fingerprint density at radius 2 is 2.21 bits per heavy atom. The molecule has 1 unspecified atom stereocenters. The van der Waals surface area contributed by atoms with Crippen molar-refractivity contribution in [1.29, 1.82) is 5.26 Å². The third kappa shape index (κ3) is 3.04. The van der Waals surface area contributed by atoms with Gasteiger partial charge in [-0.15, -0.1) is 0 Å². The number of benzene rings is 1. The van der Waals surface area contributed by atoms with Gasteiger partial charge in [0.1, 0.15) is 17.4 Å². The van der Waals surface area contributed by atoms with Crippen LogP contribution in [0.3, 0.4) is 0 Å². The highest BCUT2D eigenvalue weighted by Gasteiger charge is 2.36. The number of nitrogens with zero attached hydrogens (tertiary/aromatic N) is 1. The topological polar surface area (TPSA) is 94.6 Å². The summed E-state index contributed by atoms with van der Waals surface area (Å²) in [4.78, 5) is 12.3. The van der Waals surface area contributed by atoms with Gasteiger partial charge in [-0.2, -0.15) is 5.26 Å². The minimum absolute atomic E-state index is 0.0215. The number of allylic oxidation sites excluding steroid dienone is 2. The lowest BCUT2D eigenvalue weighted by Crippen LogP contribution is -2.25. The van der Waals surface area contributed by atoms with E-state index in [1.54, 1.807) is 19.9 Å². The molecular weight excluding hydrogens is 315 g/mol. The van der Waals surface area contributed by atoms with Gasteiger partial charge in [-0.3, -0.25) is 0 Å². The minimum Gasteiger partial charge on any atom is -0.494 e. The molecule has 0 radical (unpaired) electrons. The number of rotatable bonds is 4. The lowest BCUT2D eigenvalue weighted by Gasteiger charge is -2.27. The second-order valence-corrected chi connectivity index (χ2v) is 5.01. The predicted octanol–water partition coefficient (Wildman–Crippen LogP) is 2.48. The molecule has 2 rings (SSSR count). The molecule has 1 aliphatic rings. The summed E-state index contributed by atoms with van der Waals surface area (Å²) in [6.45, 7) is 3.36. The molecule has 0 bridgehead atoms. The van der Waals surface area contributed by atoms with Gasteiger partial charge >= 0.3 is 5.97 Å². The SMILES string of the molecule is CCOC(=O)C1=C(C)OC(N)=C(C#N)C1c1ccc(OC)c(F)c1. The average Bonchev–Trinajstić information content (AvgIpc) is 2.54. The van der Waals surface area contributed by atoms with E-state index in [1.807, 2.05) is 6.07 Å². The van der Waals surface area contributed by atoms with Gasteiger partial charge < -0.3 is 19.9 Å². The van der Waals surface area contributed by atoms with Crippen LogP contribution in [0.25, 0.3) is 0 Å². The largest absolute Gasteiger partial charge is 0.494 e. The van der Waals surface area contributed by atoms with Crippen molar-refractivity contribution in [3.8, 4) is 11.8 Å². The summed E-state index contributed by atoms with van der Waals surface area (Å²) in [5.74, 6) is -1.98. The maximum Gasteiger partial charge on any atom is 0.338 e. The normalized spacial score (nSPS) is 17.2. The van der Waals surface area contributed by atoms with Crippen LogP contribution < -0.4 is 10.5 Å². The molecule has 0 fully saturated rings. The second-order valence-electron chi connectivity index (χ2n) is 5.01. The lowest BCUT2D eigenvalue weighted by atomic mass is 9.83. The van der Waals surface area contributed by atoms with E-state index >= 15 is 0 Å². The molecule has 0 aromatic heterocycles. The summed E-state index contributed by atoms with van der Waals surface area (Å²) in [6, 6.07) is 6.12. The van der Waals surface area contributed by atoms with Crippen molar-refractivity contribution in [3.05, 3.63) is 52.4 Å². The van der Waals surface area contributed by atoms with E-state index in [2.05, 4.69) is 0 Å². The molecule has 126 valence electrons. The van der Waals surface area contributed by atoms with Crippen LogP contribution in [0.15, 0.2) is 41.0 Å². The Balaban J connectivity index is 2.62. The molecule has 1 aromatic carbocycles. The van der Waals surface area contributed by atoms with Crippen molar-refractivity contribution >= 4 is 5.97 Å². The molecule has 1 atom stereocenters. The molecule has 6 nitrogen and oxygen atoms in total. The Hall–Kier alpha value is -3.01. The van der Waals surface area contributed by atoms with Crippen LogP contribution >= 0.6 is 0 Å². The zero-order chi connectivity index (χ0) is 17.9. The summed E-state index contributed by atoms with van der Waals surface area (Å²) >= 11 is 0. The van der Waals surface area contributed by atoms with E-state index in [1.165, 1.54) is 19.2 Å². The zero-order valence-corrected chi connectivity index (χ0v) is 13.6. The first-order chi connectivity index (χ1) is 11.4. The van der Waals surface area contributed by atoms with E-state index in [0.29, 0.717) is 5.56 Å². The van der Waals surface area contributed by atoms with Gasteiger partial charge in [0.25, 0.3) is 0 Å². The number of carbonyl (C=O) groups is 1. The van der Waals surface area contributed by atoms with E-state index in [-0.39, 0.29) is 35.1 Å². The number of carbonyl (C=O) groups excluding carboxylic acids is 1. The summed E-state index contributed by atoms with van der Waals surface area (Å²) in [5, 5.41) is 9.42. The third-order valence-electron chi connectivity index (χ3n) is 3.61. The van der Waals surface area contributed by atoms with Crippen LogP contribution in [-0.4, -0.2) is 19.7 Å². The standard InChI is InChI=1S/C17H17FN2O4/c1-4-23-17(21)14-9(2)24-16(20)11(8-19)15(14)10-5-6-13(22-3)12(18)7-10/h5-7,15H,4,20H2,1-3H3. The van der Waals surface area contributed by atoms with Crippen LogP contribution in [0.2, 0.25) is 0 Å². The van der Waals surface area contributed by atoms with Crippen LogP contribution in [0.4, 0.5) is 4.39 Å². The first-order valence-electron chi connectivity index (χ1n) is 7.23. The van der Waals surface area contributed by atoms with Gasteiger partial charge in [-0.25, -0.2) is 9.18 Å². The fourth-order valence-electron chi connectivity index (χ4n) is 2.55. The number of halogens is 1. The fourth-order valence-corrected chi connectivity index (χ4v) is 2.55. The van der Waals surface area contributed by atoms with Crippen molar-refractivity contribution in [2.75, 3.05) is 13.7 Å².